The fraction of sp³-hybridized carbons (Fsp3) is 0.417. The molecule has 80 valence electrons. The van der Waals surface area contributed by atoms with Gasteiger partial charge in [-0.25, -0.2) is 0 Å². The Labute approximate surface area is 88.7 Å². The van der Waals surface area contributed by atoms with Crippen molar-refractivity contribution in [2.45, 2.75) is 12.3 Å². The summed E-state index contributed by atoms with van der Waals surface area (Å²) in [6.45, 7) is -0.140. The SMILES string of the molecule is COC(=O)C1(CO)CC1c1ccccc1. The molecule has 0 saturated heterocycles. The van der Waals surface area contributed by atoms with Gasteiger partial charge in [-0.3, -0.25) is 4.79 Å². The molecule has 2 rings (SSSR count). The molecule has 3 nitrogen and oxygen atoms in total. The molecule has 1 aliphatic carbocycles. The average Bonchev–Trinajstić information content (AvgIpc) is 3.05. The molecule has 3 heteroatoms. The van der Waals surface area contributed by atoms with Gasteiger partial charge >= 0.3 is 5.97 Å². The summed E-state index contributed by atoms with van der Waals surface area (Å²) in [5.41, 5.74) is 0.410. The van der Waals surface area contributed by atoms with Crippen molar-refractivity contribution in [3.8, 4) is 0 Å². The minimum absolute atomic E-state index is 0.108. The van der Waals surface area contributed by atoms with Crippen LogP contribution in [0, 0.1) is 5.41 Å². The van der Waals surface area contributed by atoms with Crippen LogP contribution >= 0.6 is 0 Å². The Hall–Kier alpha value is -1.35. The summed E-state index contributed by atoms with van der Waals surface area (Å²) >= 11 is 0. The second kappa shape index (κ2) is 3.66. The first-order chi connectivity index (χ1) is 7.24. The zero-order valence-corrected chi connectivity index (χ0v) is 8.64. The lowest BCUT2D eigenvalue weighted by Crippen LogP contribution is -2.23. The summed E-state index contributed by atoms with van der Waals surface area (Å²) in [4.78, 5) is 11.5. The molecule has 0 heterocycles. The van der Waals surface area contributed by atoms with Crippen LogP contribution in [0.3, 0.4) is 0 Å². The number of hydrogen-bond acceptors (Lipinski definition) is 3. The van der Waals surface area contributed by atoms with Crippen LogP contribution in [0.25, 0.3) is 0 Å². The molecule has 1 fully saturated rings. The van der Waals surface area contributed by atoms with E-state index in [4.69, 9.17) is 4.74 Å². The number of aliphatic hydroxyl groups excluding tert-OH is 1. The average molecular weight is 206 g/mol. The first kappa shape index (κ1) is 10.2. The van der Waals surface area contributed by atoms with E-state index in [1.54, 1.807) is 0 Å². The van der Waals surface area contributed by atoms with Crippen LogP contribution in [-0.4, -0.2) is 24.8 Å². The van der Waals surface area contributed by atoms with E-state index >= 15 is 0 Å². The molecule has 0 aromatic heterocycles. The van der Waals surface area contributed by atoms with Crippen molar-refractivity contribution >= 4 is 5.97 Å². The third kappa shape index (κ3) is 1.53. The van der Waals surface area contributed by atoms with Gasteiger partial charge < -0.3 is 9.84 Å². The van der Waals surface area contributed by atoms with Gasteiger partial charge in [0, 0.05) is 5.92 Å². The number of carbonyl (C=O) groups excluding carboxylic acids is 1. The lowest BCUT2D eigenvalue weighted by Gasteiger charge is -2.11. The van der Waals surface area contributed by atoms with Gasteiger partial charge in [0.2, 0.25) is 0 Å². The molecule has 1 aliphatic rings. The molecule has 15 heavy (non-hydrogen) atoms. The Kier molecular flexibility index (Phi) is 2.49. The highest BCUT2D eigenvalue weighted by molar-refractivity contribution is 5.82. The summed E-state index contributed by atoms with van der Waals surface area (Å²) in [7, 11) is 1.36. The van der Waals surface area contributed by atoms with E-state index in [1.165, 1.54) is 7.11 Å². The van der Waals surface area contributed by atoms with Gasteiger partial charge in [0.25, 0.3) is 0 Å². The zero-order valence-electron chi connectivity index (χ0n) is 8.64. The maximum absolute atomic E-state index is 11.5. The fourth-order valence-electron chi connectivity index (χ4n) is 2.10. The van der Waals surface area contributed by atoms with Gasteiger partial charge in [-0.05, 0) is 12.0 Å². The maximum Gasteiger partial charge on any atom is 0.314 e. The van der Waals surface area contributed by atoms with Crippen molar-refractivity contribution in [3.63, 3.8) is 0 Å². The molecule has 2 unspecified atom stereocenters. The smallest absolute Gasteiger partial charge is 0.314 e. The fourth-order valence-corrected chi connectivity index (χ4v) is 2.10. The normalized spacial score (nSPS) is 28.5. The Bertz CT molecular complexity index is 360. The molecular formula is C12H14O3. The topological polar surface area (TPSA) is 46.5 Å². The van der Waals surface area contributed by atoms with Crippen molar-refractivity contribution in [1.29, 1.82) is 0 Å². The third-order valence-corrected chi connectivity index (χ3v) is 3.15. The molecule has 1 N–H and O–H groups in total. The predicted octanol–water partition coefficient (Wildman–Crippen LogP) is 1.33. The monoisotopic (exact) mass is 206 g/mol. The van der Waals surface area contributed by atoms with E-state index in [1.807, 2.05) is 30.3 Å². The second-order valence-corrected chi connectivity index (χ2v) is 3.97. The van der Waals surface area contributed by atoms with Crippen LogP contribution in [-0.2, 0) is 9.53 Å². The molecule has 0 bridgehead atoms. The number of ether oxygens (including phenoxy) is 1. The molecule has 0 amide bonds. The highest BCUT2D eigenvalue weighted by Crippen LogP contribution is 2.59. The van der Waals surface area contributed by atoms with E-state index < -0.39 is 5.41 Å². The summed E-state index contributed by atoms with van der Waals surface area (Å²) < 4.78 is 4.72. The standard InChI is InChI=1S/C12H14O3/c1-15-11(14)12(8-13)7-10(12)9-5-3-2-4-6-9/h2-6,10,13H,7-8H2,1H3. The Morgan fingerprint density at radius 1 is 1.53 bits per heavy atom. The van der Waals surface area contributed by atoms with Gasteiger partial charge in [0.05, 0.1) is 19.1 Å². The Morgan fingerprint density at radius 3 is 2.73 bits per heavy atom. The first-order valence-electron chi connectivity index (χ1n) is 4.99. The lowest BCUT2D eigenvalue weighted by molar-refractivity contribution is -0.148. The first-order valence-corrected chi connectivity index (χ1v) is 4.99. The van der Waals surface area contributed by atoms with Crippen LogP contribution in [0.2, 0.25) is 0 Å². The molecule has 1 aromatic carbocycles. The number of aliphatic hydroxyl groups is 1. The lowest BCUT2D eigenvalue weighted by atomic mass is 10.0. The van der Waals surface area contributed by atoms with Crippen LogP contribution in [0.1, 0.15) is 17.9 Å². The van der Waals surface area contributed by atoms with E-state index in [-0.39, 0.29) is 18.5 Å². The predicted molar refractivity (Wildman–Crippen MR) is 55.3 cm³/mol. The molecular weight excluding hydrogens is 192 g/mol. The van der Waals surface area contributed by atoms with Gasteiger partial charge in [0.1, 0.15) is 0 Å². The van der Waals surface area contributed by atoms with Crippen LogP contribution in [0.15, 0.2) is 30.3 Å². The quantitative estimate of drug-likeness (QED) is 0.759. The molecule has 0 spiro atoms. The summed E-state index contributed by atoms with van der Waals surface area (Å²) in [5, 5.41) is 9.29. The van der Waals surface area contributed by atoms with E-state index in [2.05, 4.69) is 0 Å². The van der Waals surface area contributed by atoms with Crippen LogP contribution in [0.5, 0.6) is 0 Å². The Morgan fingerprint density at radius 2 is 2.20 bits per heavy atom. The number of rotatable bonds is 3. The molecule has 1 saturated carbocycles. The van der Waals surface area contributed by atoms with Crippen molar-refractivity contribution in [2.24, 2.45) is 5.41 Å². The number of methoxy groups -OCH3 is 1. The molecule has 0 aliphatic heterocycles. The molecule has 0 radical (unpaired) electrons. The largest absolute Gasteiger partial charge is 0.469 e. The maximum atomic E-state index is 11.5. The van der Waals surface area contributed by atoms with E-state index in [0.29, 0.717) is 6.42 Å². The van der Waals surface area contributed by atoms with Crippen LogP contribution in [0.4, 0.5) is 0 Å². The van der Waals surface area contributed by atoms with Gasteiger partial charge in [0.15, 0.2) is 0 Å². The van der Waals surface area contributed by atoms with Crippen molar-refractivity contribution in [3.05, 3.63) is 35.9 Å². The second-order valence-electron chi connectivity index (χ2n) is 3.97. The molecule has 1 aromatic rings. The van der Waals surface area contributed by atoms with Gasteiger partial charge in [-0.15, -0.1) is 0 Å². The highest BCUT2D eigenvalue weighted by atomic mass is 16.5. The van der Waals surface area contributed by atoms with Crippen LogP contribution < -0.4 is 0 Å². The van der Waals surface area contributed by atoms with E-state index in [9.17, 15) is 9.90 Å². The van der Waals surface area contributed by atoms with Gasteiger partial charge in [-0.1, -0.05) is 30.3 Å². The number of esters is 1. The zero-order chi connectivity index (χ0) is 10.9. The molecule has 2 atom stereocenters. The number of carbonyl (C=O) groups is 1. The Balaban J connectivity index is 2.20. The summed E-state index contributed by atoms with van der Waals surface area (Å²) in [6, 6.07) is 9.76. The minimum Gasteiger partial charge on any atom is -0.469 e. The summed E-state index contributed by atoms with van der Waals surface area (Å²) in [6.07, 6.45) is 0.681. The van der Waals surface area contributed by atoms with Crippen molar-refractivity contribution < 1.29 is 14.6 Å². The van der Waals surface area contributed by atoms with E-state index in [0.717, 1.165) is 5.56 Å². The number of benzene rings is 1. The van der Waals surface area contributed by atoms with Crippen molar-refractivity contribution in [2.75, 3.05) is 13.7 Å². The van der Waals surface area contributed by atoms with Crippen molar-refractivity contribution in [1.82, 2.24) is 0 Å². The summed E-state index contributed by atoms with van der Waals surface area (Å²) in [5.74, 6) is -0.199. The highest BCUT2D eigenvalue weighted by Gasteiger charge is 2.61. The minimum atomic E-state index is -0.684. The van der Waals surface area contributed by atoms with Gasteiger partial charge in [-0.2, -0.15) is 0 Å². The third-order valence-electron chi connectivity index (χ3n) is 3.15. The number of hydrogen-bond donors (Lipinski definition) is 1.